The smallest absolute Gasteiger partial charge is 0.326 e. The van der Waals surface area contributed by atoms with Crippen LogP contribution in [0.5, 0.6) is 0 Å². The number of hydrogen-bond acceptors (Lipinski definition) is 3. The Bertz CT molecular complexity index is 254. The molecule has 0 heterocycles. The van der Waals surface area contributed by atoms with Crippen molar-refractivity contribution in [3.8, 4) is 0 Å². The minimum absolute atomic E-state index is 0.315. The molecule has 0 aliphatic rings. The maximum absolute atomic E-state index is 11.0. The number of carboxylic acid groups (broad SMARTS) is 1. The van der Waals surface area contributed by atoms with Gasteiger partial charge in [-0.25, -0.2) is 9.59 Å². The van der Waals surface area contributed by atoms with Crippen molar-refractivity contribution in [2.45, 2.75) is 25.8 Å². The minimum Gasteiger partial charge on any atom is -0.480 e. The molecule has 0 aromatic carbocycles. The normalized spacial score (nSPS) is 11.5. The summed E-state index contributed by atoms with van der Waals surface area (Å²) < 4.78 is 0. The molecule has 7 nitrogen and oxygen atoms in total. The molecule has 1 atom stereocenters. The number of hydrogen-bond donors (Lipinski definition) is 4. The molecule has 0 aromatic heterocycles. The summed E-state index contributed by atoms with van der Waals surface area (Å²) >= 11 is 0. The molecular formula is C8H15N3O4. The lowest BCUT2D eigenvalue weighted by molar-refractivity contribution is -0.139. The lowest BCUT2D eigenvalue weighted by Crippen LogP contribution is -2.47. The van der Waals surface area contributed by atoms with Gasteiger partial charge in [0, 0.05) is 0 Å². The Kier molecular flexibility index (Phi) is 5.84. The number of nitrogens with two attached hydrogens (primary N) is 1. The van der Waals surface area contributed by atoms with Crippen molar-refractivity contribution in [1.29, 1.82) is 0 Å². The Morgan fingerprint density at radius 3 is 2.40 bits per heavy atom. The number of carboxylic acids is 1. The van der Waals surface area contributed by atoms with Crippen LogP contribution in [0.1, 0.15) is 19.8 Å². The SMILES string of the molecule is CCC[C@H](NC(=O)NCC(N)=O)C(=O)O. The van der Waals surface area contributed by atoms with Crippen LogP contribution in [0.25, 0.3) is 0 Å². The first kappa shape index (κ1) is 13.2. The van der Waals surface area contributed by atoms with Crippen molar-refractivity contribution in [3.05, 3.63) is 0 Å². The second-order valence-corrected chi connectivity index (χ2v) is 2.97. The summed E-state index contributed by atoms with van der Waals surface area (Å²) in [5.41, 5.74) is 4.79. The van der Waals surface area contributed by atoms with Gasteiger partial charge in [-0.3, -0.25) is 4.79 Å². The first-order valence-electron chi connectivity index (χ1n) is 4.52. The molecule has 0 fully saturated rings. The highest BCUT2D eigenvalue weighted by Crippen LogP contribution is 1.96. The molecule has 0 saturated carbocycles. The minimum atomic E-state index is -1.11. The molecule has 0 aromatic rings. The quantitative estimate of drug-likeness (QED) is 0.457. The van der Waals surface area contributed by atoms with Crippen LogP contribution < -0.4 is 16.4 Å². The predicted molar refractivity (Wildman–Crippen MR) is 52.1 cm³/mol. The van der Waals surface area contributed by atoms with E-state index in [1.165, 1.54) is 0 Å². The number of urea groups is 1. The molecule has 3 amide bonds. The molecule has 15 heavy (non-hydrogen) atoms. The van der Waals surface area contributed by atoms with Crippen LogP contribution in [0.2, 0.25) is 0 Å². The summed E-state index contributed by atoms with van der Waals surface area (Å²) in [5.74, 6) is -1.79. The monoisotopic (exact) mass is 217 g/mol. The van der Waals surface area contributed by atoms with Crippen LogP contribution in [-0.4, -0.2) is 35.6 Å². The maximum Gasteiger partial charge on any atom is 0.326 e. The molecule has 0 bridgehead atoms. The van der Waals surface area contributed by atoms with Gasteiger partial charge in [-0.2, -0.15) is 0 Å². The number of amides is 3. The molecule has 0 aliphatic heterocycles. The largest absolute Gasteiger partial charge is 0.480 e. The second-order valence-electron chi connectivity index (χ2n) is 2.97. The third-order valence-electron chi connectivity index (χ3n) is 1.60. The van der Waals surface area contributed by atoms with Crippen LogP contribution in [0.4, 0.5) is 4.79 Å². The van der Waals surface area contributed by atoms with E-state index >= 15 is 0 Å². The molecular weight excluding hydrogens is 202 g/mol. The molecule has 0 spiro atoms. The summed E-state index contributed by atoms with van der Waals surface area (Å²) in [6.07, 6.45) is 0.965. The van der Waals surface area contributed by atoms with E-state index in [0.29, 0.717) is 12.8 Å². The summed E-state index contributed by atoms with van der Waals surface area (Å²) in [7, 11) is 0. The van der Waals surface area contributed by atoms with Gasteiger partial charge >= 0.3 is 12.0 Å². The van der Waals surface area contributed by atoms with Gasteiger partial charge in [0.05, 0.1) is 6.54 Å². The number of carbonyl (C=O) groups excluding carboxylic acids is 2. The Labute approximate surface area is 87.0 Å². The van der Waals surface area contributed by atoms with E-state index in [9.17, 15) is 14.4 Å². The Morgan fingerprint density at radius 2 is 2.00 bits per heavy atom. The molecule has 0 aliphatic carbocycles. The summed E-state index contributed by atoms with van der Waals surface area (Å²) in [4.78, 5) is 32.0. The lowest BCUT2D eigenvalue weighted by Gasteiger charge is -2.13. The summed E-state index contributed by atoms with van der Waals surface area (Å²) in [6, 6.07) is -1.66. The molecule has 0 unspecified atom stereocenters. The van der Waals surface area contributed by atoms with Crippen molar-refractivity contribution in [2.75, 3.05) is 6.54 Å². The van der Waals surface area contributed by atoms with E-state index in [0.717, 1.165) is 0 Å². The number of rotatable bonds is 6. The van der Waals surface area contributed by atoms with Crippen LogP contribution >= 0.6 is 0 Å². The third kappa shape index (κ3) is 6.30. The number of aliphatic carboxylic acids is 1. The third-order valence-corrected chi connectivity index (χ3v) is 1.60. The van der Waals surface area contributed by atoms with Crippen LogP contribution in [0.15, 0.2) is 0 Å². The highest BCUT2D eigenvalue weighted by atomic mass is 16.4. The summed E-state index contributed by atoms with van der Waals surface area (Å²) in [5, 5.41) is 13.0. The van der Waals surface area contributed by atoms with E-state index < -0.39 is 23.9 Å². The zero-order chi connectivity index (χ0) is 11.8. The average Bonchev–Trinajstić information content (AvgIpc) is 2.14. The van der Waals surface area contributed by atoms with Gasteiger partial charge in [0.1, 0.15) is 6.04 Å². The maximum atomic E-state index is 11.0. The predicted octanol–water partition coefficient (Wildman–Crippen LogP) is -0.976. The van der Waals surface area contributed by atoms with E-state index in [2.05, 4.69) is 10.6 Å². The standard InChI is InChI=1S/C8H15N3O4/c1-2-3-5(7(13)14)11-8(15)10-4-6(9)12/h5H,2-4H2,1H3,(H2,9,12)(H,13,14)(H2,10,11,15)/t5-/m0/s1. The van der Waals surface area contributed by atoms with E-state index in [4.69, 9.17) is 10.8 Å². The molecule has 0 rings (SSSR count). The van der Waals surface area contributed by atoms with Crippen LogP contribution in [-0.2, 0) is 9.59 Å². The average molecular weight is 217 g/mol. The van der Waals surface area contributed by atoms with Crippen molar-refractivity contribution < 1.29 is 19.5 Å². The van der Waals surface area contributed by atoms with Gasteiger partial charge in [-0.05, 0) is 6.42 Å². The van der Waals surface area contributed by atoms with Gasteiger partial charge in [0.25, 0.3) is 0 Å². The zero-order valence-corrected chi connectivity index (χ0v) is 8.45. The van der Waals surface area contributed by atoms with E-state index in [1.54, 1.807) is 6.92 Å². The van der Waals surface area contributed by atoms with Crippen molar-refractivity contribution in [2.24, 2.45) is 5.73 Å². The van der Waals surface area contributed by atoms with Crippen molar-refractivity contribution in [3.63, 3.8) is 0 Å². The Balaban J connectivity index is 3.99. The topological polar surface area (TPSA) is 122 Å². The molecule has 7 heteroatoms. The van der Waals surface area contributed by atoms with Gasteiger partial charge in [0.2, 0.25) is 5.91 Å². The Morgan fingerprint density at radius 1 is 1.40 bits per heavy atom. The van der Waals surface area contributed by atoms with Crippen LogP contribution in [0.3, 0.4) is 0 Å². The molecule has 0 saturated heterocycles. The number of carbonyl (C=O) groups is 3. The molecule has 5 N–H and O–H groups in total. The first-order valence-corrected chi connectivity index (χ1v) is 4.52. The van der Waals surface area contributed by atoms with Crippen molar-refractivity contribution >= 4 is 17.9 Å². The number of nitrogens with one attached hydrogen (secondary N) is 2. The summed E-state index contributed by atoms with van der Waals surface area (Å²) in [6.45, 7) is 1.49. The van der Waals surface area contributed by atoms with E-state index in [-0.39, 0.29) is 6.54 Å². The lowest BCUT2D eigenvalue weighted by atomic mass is 10.2. The van der Waals surface area contributed by atoms with Gasteiger partial charge in [-0.1, -0.05) is 13.3 Å². The fourth-order valence-corrected chi connectivity index (χ4v) is 0.923. The fraction of sp³-hybridized carbons (Fsp3) is 0.625. The second kappa shape index (κ2) is 6.63. The van der Waals surface area contributed by atoms with Gasteiger partial charge in [-0.15, -0.1) is 0 Å². The highest BCUT2D eigenvalue weighted by molar-refractivity contribution is 5.85. The zero-order valence-electron chi connectivity index (χ0n) is 8.45. The first-order chi connectivity index (χ1) is 6.97. The Hall–Kier alpha value is -1.79. The van der Waals surface area contributed by atoms with Gasteiger partial charge < -0.3 is 21.5 Å². The van der Waals surface area contributed by atoms with Gasteiger partial charge in [0.15, 0.2) is 0 Å². The number of primary amides is 1. The molecule has 86 valence electrons. The molecule has 0 radical (unpaired) electrons. The van der Waals surface area contributed by atoms with E-state index in [1.807, 2.05) is 0 Å². The van der Waals surface area contributed by atoms with Crippen molar-refractivity contribution in [1.82, 2.24) is 10.6 Å². The highest BCUT2D eigenvalue weighted by Gasteiger charge is 2.18. The van der Waals surface area contributed by atoms with Crippen LogP contribution in [0, 0.1) is 0 Å². The fourth-order valence-electron chi connectivity index (χ4n) is 0.923.